The number of hydrogen-bond acceptors (Lipinski definition) is 2. The SMILES string of the molecule is CCc1ccc(C(C)Nc2ccc(Br)c(C)n2)cc1. The number of rotatable bonds is 4. The Hall–Kier alpha value is -1.35. The van der Waals surface area contributed by atoms with Crippen molar-refractivity contribution in [3.8, 4) is 0 Å². The Kier molecular flexibility index (Phi) is 4.59. The maximum absolute atomic E-state index is 4.51. The molecule has 1 aromatic heterocycles. The molecule has 0 saturated heterocycles. The number of nitrogens with one attached hydrogen (secondary N) is 1. The molecule has 0 radical (unpaired) electrons. The van der Waals surface area contributed by atoms with Gasteiger partial charge in [-0.25, -0.2) is 4.98 Å². The number of anilines is 1. The summed E-state index contributed by atoms with van der Waals surface area (Å²) in [4.78, 5) is 4.51. The van der Waals surface area contributed by atoms with Crippen molar-refractivity contribution in [1.29, 1.82) is 0 Å². The highest BCUT2D eigenvalue weighted by Gasteiger charge is 2.06. The van der Waals surface area contributed by atoms with Crippen LogP contribution in [0.25, 0.3) is 0 Å². The van der Waals surface area contributed by atoms with E-state index in [0.717, 1.165) is 22.4 Å². The minimum absolute atomic E-state index is 0.249. The van der Waals surface area contributed by atoms with E-state index in [0.29, 0.717) is 0 Å². The van der Waals surface area contributed by atoms with Crippen LogP contribution in [0.2, 0.25) is 0 Å². The van der Waals surface area contributed by atoms with Crippen molar-refractivity contribution in [2.24, 2.45) is 0 Å². The molecular weight excluding hydrogens is 300 g/mol. The number of pyridine rings is 1. The maximum Gasteiger partial charge on any atom is 0.126 e. The molecule has 0 spiro atoms. The molecule has 0 bridgehead atoms. The average molecular weight is 319 g/mol. The Morgan fingerprint density at radius 1 is 1.16 bits per heavy atom. The van der Waals surface area contributed by atoms with Gasteiger partial charge in [-0.2, -0.15) is 0 Å². The molecule has 0 saturated carbocycles. The van der Waals surface area contributed by atoms with Gasteiger partial charge in [-0.05, 0) is 59.5 Å². The molecule has 0 amide bonds. The minimum atomic E-state index is 0.249. The third-order valence-electron chi connectivity index (χ3n) is 3.27. The van der Waals surface area contributed by atoms with Crippen molar-refractivity contribution in [1.82, 2.24) is 4.98 Å². The van der Waals surface area contributed by atoms with Gasteiger partial charge in [0.05, 0.1) is 5.69 Å². The van der Waals surface area contributed by atoms with Gasteiger partial charge in [-0.3, -0.25) is 0 Å². The summed E-state index contributed by atoms with van der Waals surface area (Å²) in [6.45, 7) is 6.32. The molecule has 100 valence electrons. The molecule has 0 fully saturated rings. The molecule has 1 atom stereocenters. The van der Waals surface area contributed by atoms with Gasteiger partial charge in [-0.15, -0.1) is 0 Å². The fraction of sp³-hybridized carbons (Fsp3) is 0.312. The highest BCUT2D eigenvalue weighted by atomic mass is 79.9. The van der Waals surface area contributed by atoms with Gasteiger partial charge in [0.25, 0.3) is 0 Å². The fourth-order valence-electron chi connectivity index (χ4n) is 1.97. The zero-order valence-electron chi connectivity index (χ0n) is 11.6. The topological polar surface area (TPSA) is 24.9 Å². The van der Waals surface area contributed by atoms with Gasteiger partial charge in [0.15, 0.2) is 0 Å². The third kappa shape index (κ3) is 3.57. The van der Waals surface area contributed by atoms with Crippen molar-refractivity contribution < 1.29 is 0 Å². The number of benzene rings is 1. The standard InChI is InChI=1S/C16H19BrN2/c1-4-13-5-7-14(8-6-13)11(2)18-16-10-9-15(17)12(3)19-16/h5-11H,4H2,1-3H3,(H,18,19). The van der Waals surface area contributed by atoms with Crippen molar-refractivity contribution in [2.75, 3.05) is 5.32 Å². The van der Waals surface area contributed by atoms with E-state index >= 15 is 0 Å². The lowest BCUT2D eigenvalue weighted by Gasteiger charge is -2.16. The summed E-state index contributed by atoms with van der Waals surface area (Å²) in [5, 5.41) is 3.43. The zero-order valence-corrected chi connectivity index (χ0v) is 13.2. The fourth-order valence-corrected chi connectivity index (χ4v) is 2.19. The van der Waals surface area contributed by atoms with E-state index in [1.165, 1.54) is 11.1 Å². The second-order valence-electron chi connectivity index (χ2n) is 4.72. The third-order valence-corrected chi connectivity index (χ3v) is 4.11. The molecular formula is C16H19BrN2. The smallest absolute Gasteiger partial charge is 0.126 e. The first-order valence-electron chi connectivity index (χ1n) is 6.58. The van der Waals surface area contributed by atoms with Crippen LogP contribution in [0, 0.1) is 6.92 Å². The Bertz CT molecular complexity index is 549. The molecule has 0 aliphatic heterocycles. The Balaban J connectivity index is 2.10. The monoisotopic (exact) mass is 318 g/mol. The van der Waals surface area contributed by atoms with Crippen molar-refractivity contribution in [3.05, 3.63) is 57.7 Å². The molecule has 1 unspecified atom stereocenters. The number of aromatic nitrogens is 1. The second-order valence-corrected chi connectivity index (χ2v) is 5.58. The molecule has 2 aromatic rings. The Morgan fingerprint density at radius 2 is 1.84 bits per heavy atom. The van der Waals surface area contributed by atoms with Gasteiger partial charge in [0.2, 0.25) is 0 Å². The average Bonchev–Trinajstić information content (AvgIpc) is 2.43. The van der Waals surface area contributed by atoms with Gasteiger partial charge < -0.3 is 5.32 Å². The number of aryl methyl sites for hydroxylation is 2. The quantitative estimate of drug-likeness (QED) is 0.868. The molecule has 1 heterocycles. The van der Waals surface area contributed by atoms with Crippen LogP contribution in [-0.2, 0) is 6.42 Å². The molecule has 0 aliphatic rings. The van der Waals surface area contributed by atoms with E-state index in [1.54, 1.807) is 0 Å². The Labute approximate surface area is 123 Å². The lowest BCUT2D eigenvalue weighted by molar-refractivity contribution is 0.870. The largest absolute Gasteiger partial charge is 0.364 e. The maximum atomic E-state index is 4.51. The van der Waals surface area contributed by atoms with Crippen LogP contribution in [0.15, 0.2) is 40.9 Å². The highest BCUT2D eigenvalue weighted by Crippen LogP contribution is 2.21. The van der Waals surface area contributed by atoms with E-state index in [1.807, 2.05) is 19.1 Å². The molecule has 0 aliphatic carbocycles. The van der Waals surface area contributed by atoms with E-state index < -0.39 is 0 Å². The van der Waals surface area contributed by atoms with Crippen molar-refractivity contribution in [2.45, 2.75) is 33.2 Å². The van der Waals surface area contributed by atoms with Gasteiger partial charge in [-0.1, -0.05) is 31.2 Å². The van der Waals surface area contributed by atoms with E-state index in [9.17, 15) is 0 Å². The number of hydrogen-bond donors (Lipinski definition) is 1. The van der Waals surface area contributed by atoms with Crippen LogP contribution >= 0.6 is 15.9 Å². The number of halogens is 1. The summed E-state index contributed by atoms with van der Waals surface area (Å²) in [5.74, 6) is 0.910. The molecule has 2 rings (SSSR count). The van der Waals surface area contributed by atoms with E-state index in [-0.39, 0.29) is 6.04 Å². The first-order chi connectivity index (χ1) is 9.10. The molecule has 2 nitrogen and oxygen atoms in total. The summed E-state index contributed by atoms with van der Waals surface area (Å²) >= 11 is 3.47. The zero-order chi connectivity index (χ0) is 13.8. The molecule has 1 aromatic carbocycles. The van der Waals surface area contributed by atoms with Gasteiger partial charge >= 0.3 is 0 Å². The predicted molar refractivity (Wildman–Crippen MR) is 84.5 cm³/mol. The molecule has 1 N–H and O–H groups in total. The minimum Gasteiger partial charge on any atom is -0.364 e. The summed E-state index contributed by atoms with van der Waals surface area (Å²) in [6.07, 6.45) is 1.08. The molecule has 3 heteroatoms. The van der Waals surface area contributed by atoms with Crippen LogP contribution in [0.4, 0.5) is 5.82 Å². The number of nitrogens with zero attached hydrogens (tertiary/aromatic N) is 1. The first kappa shape index (κ1) is 14.1. The van der Waals surface area contributed by atoms with Crippen LogP contribution in [0.1, 0.15) is 36.7 Å². The predicted octanol–water partition coefficient (Wildman–Crippen LogP) is 4.89. The lowest BCUT2D eigenvalue weighted by Crippen LogP contribution is -2.08. The first-order valence-corrected chi connectivity index (χ1v) is 7.38. The highest BCUT2D eigenvalue weighted by molar-refractivity contribution is 9.10. The Morgan fingerprint density at radius 3 is 2.42 bits per heavy atom. The van der Waals surface area contributed by atoms with Gasteiger partial charge in [0.1, 0.15) is 5.82 Å². The summed E-state index contributed by atoms with van der Waals surface area (Å²) in [6, 6.07) is 13.0. The second kappa shape index (κ2) is 6.20. The van der Waals surface area contributed by atoms with Crippen LogP contribution < -0.4 is 5.32 Å². The summed E-state index contributed by atoms with van der Waals surface area (Å²) in [5.41, 5.74) is 3.65. The van der Waals surface area contributed by atoms with Crippen LogP contribution in [0.5, 0.6) is 0 Å². The van der Waals surface area contributed by atoms with Crippen molar-refractivity contribution in [3.63, 3.8) is 0 Å². The lowest BCUT2D eigenvalue weighted by atomic mass is 10.1. The van der Waals surface area contributed by atoms with Crippen molar-refractivity contribution >= 4 is 21.7 Å². The van der Waals surface area contributed by atoms with Crippen LogP contribution in [0.3, 0.4) is 0 Å². The summed E-state index contributed by atoms with van der Waals surface area (Å²) in [7, 11) is 0. The van der Waals surface area contributed by atoms with Crippen LogP contribution in [-0.4, -0.2) is 4.98 Å². The normalized spacial score (nSPS) is 12.2. The summed E-state index contributed by atoms with van der Waals surface area (Å²) < 4.78 is 1.04. The van der Waals surface area contributed by atoms with E-state index in [4.69, 9.17) is 0 Å². The van der Waals surface area contributed by atoms with Gasteiger partial charge in [0, 0.05) is 10.5 Å². The van der Waals surface area contributed by atoms with E-state index in [2.05, 4.69) is 64.3 Å². The molecule has 19 heavy (non-hydrogen) atoms.